The van der Waals surface area contributed by atoms with Crippen molar-refractivity contribution >= 4 is 30.6 Å². The van der Waals surface area contributed by atoms with E-state index in [-0.39, 0.29) is 0 Å². The molecule has 4 N–H and O–H groups in total. The first-order valence-electron chi connectivity index (χ1n) is 11.8. The van der Waals surface area contributed by atoms with E-state index in [1.54, 1.807) is 0 Å². The molecule has 0 spiro atoms. The second-order valence-corrected chi connectivity index (χ2v) is 10.3. The van der Waals surface area contributed by atoms with Crippen molar-refractivity contribution in [2.45, 2.75) is 24.9 Å². The highest BCUT2D eigenvalue weighted by Gasteiger charge is 2.20. The van der Waals surface area contributed by atoms with E-state index in [1.807, 2.05) is 18.5 Å². The molecule has 1 unspecified atom stereocenters. The van der Waals surface area contributed by atoms with Gasteiger partial charge in [-0.25, -0.2) is 15.0 Å². The second kappa shape index (κ2) is 8.24. The van der Waals surface area contributed by atoms with E-state index in [9.17, 15) is 0 Å². The van der Waals surface area contributed by atoms with Crippen molar-refractivity contribution < 1.29 is 0 Å². The fourth-order valence-electron chi connectivity index (χ4n) is 4.93. The topological polar surface area (TPSA) is 107 Å². The molecule has 5 heterocycles. The van der Waals surface area contributed by atoms with Crippen LogP contribution < -0.4 is 10.6 Å². The molecule has 2 aliphatic heterocycles. The van der Waals surface area contributed by atoms with Crippen LogP contribution in [0.15, 0.2) is 48.8 Å². The second-order valence-electron chi connectivity index (χ2n) is 9.03. The Labute approximate surface area is 198 Å². The summed E-state index contributed by atoms with van der Waals surface area (Å²) in [6.07, 6.45) is 8.33. The van der Waals surface area contributed by atoms with Gasteiger partial charge in [-0.15, -0.1) is 8.58 Å². The Bertz CT molecular complexity index is 1490. The lowest BCUT2D eigenvalue weighted by molar-refractivity contribution is 0.614. The maximum Gasteiger partial charge on any atom is 0.124 e. The van der Waals surface area contributed by atoms with Gasteiger partial charge in [-0.2, -0.15) is 0 Å². The van der Waals surface area contributed by atoms with Gasteiger partial charge in [0.1, 0.15) is 11.6 Å². The minimum Gasteiger partial charge on any atom is -0.341 e. The van der Waals surface area contributed by atoms with Gasteiger partial charge in [-0.05, 0) is 49.8 Å². The molecule has 2 saturated heterocycles. The third-order valence-corrected chi connectivity index (χ3v) is 7.94. The predicted octanol–water partition coefficient (Wildman–Crippen LogP) is 4.27. The number of benzene rings is 2. The largest absolute Gasteiger partial charge is 0.341 e. The number of nitrogens with one attached hydrogen (secondary N) is 4. The quantitative estimate of drug-likeness (QED) is 0.294. The minimum absolute atomic E-state index is 0.325. The number of hydrogen-bond donors (Lipinski definition) is 4. The molecular formula is C25H25N8P. The summed E-state index contributed by atoms with van der Waals surface area (Å²) in [4.78, 5) is 26.0. The van der Waals surface area contributed by atoms with Gasteiger partial charge >= 0.3 is 0 Å². The van der Waals surface area contributed by atoms with E-state index in [0.717, 1.165) is 90.2 Å². The third-order valence-electron chi connectivity index (χ3n) is 6.79. The van der Waals surface area contributed by atoms with E-state index in [1.165, 1.54) is 6.42 Å². The summed E-state index contributed by atoms with van der Waals surface area (Å²) in [7, 11) is 0.963. The van der Waals surface area contributed by atoms with Gasteiger partial charge in [0, 0.05) is 17.4 Å². The van der Waals surface area contributed by atoms with Crippen LogP contribution in [-0.2, 0) is 0 Å². The monoisotopic (exact) mass is 468 g/mol. The molecular weight excluding hydrogens is 443 g/mol. The van der Waals surface area contributed by atoms with E-state index in [0.29, 0.717) is 12.1 Å². The van der Waals surface area contributed by atoms with E-state index in [2.05, 4.69) is 55.9 Å². The highest BCUT2D eigenvalue weighted by atomic mass is 31.1. The summed E-state index contributed by atoms with van der Waals surface area (Å²) >= 11 is 0. The van der Waals surface area contributed by atoms with Crippen LogP contribution in [0.3, 0.4) is 0 Å². The summed E-state index contributed by atoms with van der Waals surface area (Å²) in [5.41, 5.74) is 7.73. The summed E-state index contributed by atoms with van der Waals surface area (Å²) in [6.45, 7) is 1.06. The van der Waals surface area contributed by atoms with Gasteiger partial charge < -0.3 is 20.6 Å². The van der Waals surface area contributed by atoms with Gasteiger partial charge in [-0.1, -0.05) is 12.1 Å². The van der Waals surface area contributed by atoms with Crippen LogP contribution >= 0.6 is 8.58 Å². The summed E-state index contributed by atoms with van der Waals surface area (Å²) in [5.74, 6) is 2.04. The Balaban J connectivity index is 1.18. The van der Waals surface area contributed by atoms with Crippen LogP contribution in [0.4, 0.5) is 0 Å². The van der Waals surface area contributed by atoms with Gasteiger partial charge in [0.25, 0.3) is 0 Å². The number of hydrogen-bond acceptors (Lipinski definition) is 6. The van der Waals surface area contributed by atoms with Gasteiger partial charge in [0.2, 0.25) is 0 Å². The van der Waals surface area contributed by atoms with E-state index >= 15 is 0 Å². The van der Waals surface area contributed by atoms with Crippen LogP contribution in [0.5, 0.6) is 0 Å². The van der Waals surface area contributed by atoms with Crippen LogP contribution in [0.2, 0.25) is 0 Å². The Morgan fingerprint density at radius 1 is 0.794 bits per heavy atom. The molecule has 2 fully saturated rings. The van der Waals surface area contributed by atoms with Crippen molar-refractivity contribution in [2.75, 3.05) is 19.0 Å². The molecule has 0 aliphatic carbocycles. The fraction of sp³-hybridized carbons (Fsp3) is 0.280. The zero-order chi connectivity index (χ0) is 22.5. The lowest BCUT2D eigenvalue weighted by Gasteiger charge is -2.06. The molecule has 5 aromatic rings. The predicted molar refractivity (Wildman–Crippen MR) is 136 cm³/mol. The average molecular weight is 469 g/mol. The SMILES string of the molecule is c1cc2nc([C@@H]3CCCN3)[nH]c2cc1-c1cnc2cc(-c3cnc([C@@H]4CPCN4)[nH]3)ccc2n1. The number of aromatic nitrogens is 6. The molecule has 2 aromatic carbocycles. The van der Waals surface area contributed by atoms with Crippen LogP contribution in [0.1, 0.15) is 36.6 Å². The first-order chi connectivity index (χ1) is 16.8. The van der Waals surface area contributed by atoms with Crippen molar-refractivity contribution in [1.29, 1.82) is 0 Å². The summed E-state index contributed by atoms with van der Waals surface area (Å²) in [6, 6.07) is 13.1. The first-order valence-corrected chi connectivity index (χ1v) is 13.2. The third kappa shape index (κ3) is 3.59. The van der Waals surface area contributed by atoms with Gasteiger partial charge in [0.05, 0.1) is 57.9 Å². The van der Waals surface area contributed by atoms with Crippen molar-refractivity contribution in [3.63, 3.8) is 0 Å². The number of H-pyrrole nitrogens is 2. The van der Waals surface area contributed by atoms with Crippen LogP contribution in [0, 0.1) is 0 Å². The first kappa shape index (κ1) is 20.2. The number of aromatic amines is 2. The maximum atomic E-state index is 4.90. The fourth-order valence-corrected chi connectivity index (χ4v) is 6.09. The number of imidazole rings is 2. The Morgan fingerprint density at radius 3 is 2.62 bits per heavy atom. The Morgan fingerprint density at radius 2 is 1.74 bits per heavy atom. The average Bonchev–Trinajstić information content (AvgIpc) is 3.69. The zero-order valence-corrected chi connectivity index (χ0v) is 19.6. The molecule has 0 bridgehead atoms. The highest BCUT2D eigenvalue weighted by Crippen LogP contribution is 2.30. The molecule has 34 heavy (non-hydrogen) atoms. The van der Waals surface area contributed by atoms with Gasteiger partial charge in [-0.3, -0.25) is 4.98 Å². The van der Waals surface area contributed by atoms with Crippen molar-refractivity contribution in [3.8, 4) is 22.5 Å². The zero-order valence-electron chi connectivity index (χ0n) is 18.6. The normalized spacial score (nSPS) is 21.3. The summed E-state index contributed by atoms with van der Waals surface area (Å²) in [5, 5.41) is 7.01. The van der Waals surface area contributed by atoms with E-state index < -0.39 is 0 Å². The molecule has 170 valence electrons. The molecule has 7 rings (SSSR count). The Kier molecular flexibility index (Phi) is 4.89. The highest BCUT2D eigenvalue weighted by molar-refractivity contribution is 7.38. The van der Waals surface area contributed by atoms with Crippen molar-refractivity contribution in [2.24, 2.45) is 0 Å². The molecule has 2 aliphatic rings. The maximum absolute atomic E-state index is 4.90. The van der Waals surface area contributed by atoms with Crippen molar-refractivity contribution in [3.05, 3.63) is 60.4 Å². The molecule has 8 nitrogen and oxygen atoms in total. The molecule has 3 atom stereocenters. The smallest absolute Gasteiger partial charge is 0.124 e. The summed E-state index contributed by atoms with van der Waals surface area (Å²) < 4.78 is 0. The standard InChI is InChI=1S/C25H25N8P/c1-2-18(26-7-1)25-31-17-6-4-15(9-20(17)32-25)21-10-27-19-8-14(3-5-16(19)30-21)22-11-28-24(33-22)23-12-34-13-29-23/h3-6,8-11,18,23,26,29,34H,1-2,7,12-13H2,(H,28,33)(H,31,32)/t18-,23-/m0/s1. The lowest BCUT2D eigenvalue weighted by atomic mass is 10.1. The van der Waals surface area contributed by atoms with Crippen LogP contribution in [-0.4, -0.2) is 48.9 Å². The van der Waals surface area contributed by atoms with Crippen LogP contribution in [0.25, 0.3) is 44.6 Å². The molecule has 9 heteroatoms. The molecule has 3 aromatic heterocycles. The van der Waals surface area contributed by atoms with Gasteiger partial charge in [0.15, 0.2) is 0 Å². The Hall–Kier alpha value is -3.19. The lowest BCUT2D eigenvalue weighted by Crippen LogP contribution is -2.15. The molecule has 0 amide bonds. The van der Waals surface area contributed by atoms with Crippen molar-refractivity contribution in [1.82, 2.24) is 40.5 Å². The minimum atomic E-state index is 0.325. The number of nitrogens with zero attached hydrogens (tertiary/aromatic N) is 4. The molecule has 0 saturated carbocycles. The molecule has 0 radical (unpaired) electrons. The number of rotatable bonds is 4. The van der Waals surface area contributed by atoms with E-state index in [4.69, 9.17) is 15.0 Å². The number of fused-ring (bicyclic) bond motifs is 2.